The summed E-state index contributed by atoms with van der Waals surface area (Å²) in [6.07, 6.45) is 0.719. The summed E-state index contributed by atoms with van der Waals surface area (Å²) >= 11 is 0. The zero-order chi connectivity index (χ0) is 21.1. The molecule has 0 heterocycles. The van der Waals surface area contributed by atoms with E-state index < -0.39 is 6.61 Å². The molecule has 0 fully saturated rings. The Balaban J connectivity index is 1.94. The Labute approximate surface area is 168 Å². The molecular weight excluding hydrogens is 380 g/mol. The third kappa shape index (κ3) is 7.40. The number of nitrogens with one attached hydrogen (secondary N) is 2. The summed E-state index contributed by atoms with van der Waals surface area (Å²) in [5.74, 6) is 0.325. The predicted octanol–water partition coefficient (Wildman–Crippen LogP) is 3.37. The minimum Gasteiger partial charge on any atom is -0.465 e. The van der Waals surface area contributed by atoms with Gasteiger partial charge in [-0.2, -0.15) is 8.78 Å². The number of carbonyl (C=O) groups is 1. The molecule has 29 heavy (non-hydrogen) atoms. The first-order valence-corrected chi connectivity index (χ1v) is 9.25. The van der Waals surface area contributed by atoms with Crippen LogP contribution in [0.4, 0.5) is 8.78 Å². The van der Waals surface area contributed by atoms with Gasteiger partial charge in [0.1, 0.15) is 5.75 Å². The Morgan fingerprint density at radius 3 is 2.48 bits per heavy atom. The molecule has 0 spiro atoms. The van der Waals surface area contributed by atoms with E-state index in [4.69, 9.17) is 0 Å². The van der Waals surface area contributed by atoms with Gasteiger partial charge in [-0.15, -0.1) is 0 Å². The van der Waals surface area contributed by atoms with Gasteiger partial charge in [-0.25, -0.2) is 9.79 Å². The molecule has 0 aliphatic heterocycles. The van der Waals surface area contributed by atoms with Crippen LogP contribution >= 0.6 is 0 Å². The van der Waals surface area contributed by atoms with E-state index in [1.165, 1.54) is 13.2 Å². The Hall–Kier alpha value is -3.16. The van der Waals surface area contributed by atoms with Gasteiger partial charge in [0.2, 0.25) is 0 Å². The number of guanidine groups is 1. The molecule has 0 radical (unpaired) electrons. The second-order valence-corrected chi connectivity index (χ2v) is 6.05. The zero-order valence-electron chi connectivity index (χ0n) is 16.5. The van der Waals surface area contributed by atoms with E-state index in [1.54, 1.807) is 30.3 Å². The maximum absolute atomic E-state index is 12.5. The van der Waals surface area contributed by atoms with Crippen LogP contribution in [0.15, 0.2) is 53.5 Å². The van der Waals surface area contributed by atoms with Crippen LogP contribution in [0, 0.1) is 0 Å². The summed E-state index contributed by atoms with van der Waals surface area (Å²) in [6.45, 7) is 0.535. The number of methoxy groups -OCH3 is 1. The molecule has 0 atom stereocenters. The first-order valence-electron chi connectivity index (χ1n) is 9.25. The number of benzene rings is 2. The summed E-state index contributed by atoms with van der Waals surface area (Å²) in [4.78, 5) is 15.9. The molecule has 2 aromatic rings. The average molecular weight is 405 g/mol. The highest BCUT2D eigenvalue weighted by Crippen LogP contribution is 2.20. The summed E-state index contributed by atoms with van der Waals surface area (Å²) in [6, 6.07) is 13.8. The number of aliphatic imine (C=N–C) groups is 1. The fourth-order valence-corrected chi connectivity index (χ4v) is 2.60. The van der Waals surface area contributed by atoms with E-state index in [0.29, 0.717) is 30.2 Å². The average Bonchev–Trinajstić information content (AvgIpc) is 2.72. The summed E-state index contributed by atoms with van der Waals surface area (Å²) in [5, 5.41) is 6.33. The number of rotatable bonds is 9. The van der Waals surface area contributed by atoms with Crippen LogP contribution in [0.2, 0.25) is 0 Å². The van der Waals surface area contributed by atoms with Crippen LogP contribution in [0.1, 0.15) is 28.4 Å². The molecule has 0 amide bonds. The number of halogens is 2. The van der Waals surface area contributed by atoms with Crippen LogP contribution in [-0.4, -0.2) is 38.7 Å². The van der Waals surface area contributed by atoms with Crippen LogP contribution in [0.25, 0.3) is 0 Å². The second kappa shape index (κ2) is 11.6. The van der Waals surface area contributed by atoms with E-state index >= 15 is 0 Å². The van der Waals surface area contributed by atoms with E-state index in [0.717, 1.165) is 12.0 Å². The molecule has 0 unspecified atom stereocenters. The number of nitrogens with zero attached hydrogens (tertiary/aromatic N) is 1. The standard InChI is InChI=1S/C21H25F2N3O3/c1-3-24-21(26-14-17-6-4-5-7-18(17)29-20(22)23)25-13-12-15-8-10-16(11-9-15)19(27)28-2/h4-11,20H,3,12-14H2,1-2H3,(H2,24,25,26). The second-order valence-electron chi connectivity index (χ2n) is 6.05. The Kier molecular flexibility index (Phi) is 8.88. The number of ether oxygens (including phenoxy) is 2. The monoisotopic (exact) mass is 405 g/mol. The van der Waals surface area contributed by atoms with Crippen molar-refractivity contribution in [3.63, 3.8) is 0 Å². The van der Waals surface area contributed by atoms with Crippen LogP contribution < -0.4 is 15.4 Å². The first-order chi connectivity index (χ1) is 14.0. The van der Waals surface area contributed by atoms with Gasteiger partial charge in [0.25, 0.3) is 0 Å². The smallest absolute Gasteiger partial charge is 0.387 e. The van der Waals surface area contributed by atoms with Crippen molar-refractivity contribution in [1.29, 1.82) is 0 Å². The van der Waals surface area contributed by atoms with Crippen molar-refractivity contribution in [2.45, 2.75) is 26.5 Å². The fraction of sp³-hybridized carbons (Fsp3) is 0.333. The lowest BCUT2D eigenvalue weighted by Gasteiger charge is -2.13. The first kappa shape index (κ1) is 22.1. The fourth-order valence-electron chi connectivity index (χ4n) is 2.60. The Morgan fingerprint density at radius 1 is 1.10 bits per heavy atom. The van der Waals surface area contributed by atoms with Gasteiger partial charge in [0.15, 0.2) is 5.96 Å². The van der Waals surface area contributed by atoms with E-state index in [2.05, 4.69) is 25.1 Å². The number of hydrogen-bond acceptors (Lipinski definition) is 4. The number of esters is 1. The molecule has 0 aliphatic carbocycles. The van der Waals surface area contributed by atoms with Crippen molar-refractivity contribution in [2.24, 2.45) is 4.99 Å². The van der Waals surface area contributed by atoms with E-state index in [9.17, 15) is 13.6 Å². The van der Waals surface area contributed by atoms with Gasteiger partial charge < -0.3 is 20.1 Å². The van der Waals surface area contributed by atoms with Gasteiger partial charge in [0, 0.05) is 18.7 Å². The molecule has 0 bridgehead atoms. The summed E-state index contributed by atoms with van der Waals surface area (Å²) in [5.41, 5.74) is 2.13. The molecule has 6 nitrogen and oxygen atoms in total. The maximum atomic E-state index is 12.5. The van der Waals surface area contributed by atoms with Gasteiger partial charge in [-0.3, -0.25) is 0 Å². The number of hydrogen-bond donors (Lipinski definition) is 2. The lowest BCUT2D eigenvalue weighted by molar-refractivity contribution is -0.0504. The van der Waals surface area contributed by atoms with Crippen molar-refractivity contribution in [2.75, 3.05) is 20.2 Å². The van der Waals surface area contributed by atoms with Crippen molar-refractivity contribution in [1.82, 2.24) is 10.6 Å². The summed E-state index contributed by atoms with van der Waals surface area (Å²) < 4.78 is 34.3. The minimum absolute atomic E-state index is 0.118. The molecule has 8 heteroatoms. The Morgan fingerprint density at radius 2 is 1.83 bits per heavy atom. The maximum Gasteiger partial charge on any atom is 0.387 e. The van der Waals surface area contributed by atoms with Gasteiger partial charge >= 0.3 is 12.6 Å². The third-order valence-electron chi connectivity index (χ3n) is 4.02. The molecular formula is C21H25F2N3O3. The van der Waals surface area contributed by atoms with E-state index in [-0.39, 0.29) is 18.3 Å². The number of alkyl halides is 2. The van der Waals surface area contributed by atoms with Crippen molar-refractivity contribution in [3.8, 4) is 5.75 Å². The van der Waals surface area contributed by atoms with Crippen molar-refractivity contribution < 1.29 is 23.0 Å². The molecule has 2 N–H and O–H groups in total. The molecule has 2 rings (SSSR count). The largest absolute Gasteiger partial charge is 0.465 e. The quantitative estimate of drug-likeness (QED) is 0.380. The Bertz CT molecular complexity index is 811. The highest BCUT2D eigenvalue weighted by Gasteiger charge is 2.09. The van der Waals surface area contributed by atoms with Gasteiger partial charge in [-0.05, 0) is 37.1 Å². The molecule has 156 valence electrons. The van der Waals surface area contributed by atoms with Crippen LogP contribution in [0.5, 0.6) is 5.75 Å². The number of carbonyl (C=O) groups excluding carboxylic acids is 1. The lowest BCUT2D eigenvalue weighted by atomic mass is 10.1. The van der Waals surface area contributed by atoms with Crippen LogP contribution in [-0.2, 0) is 17.7 Å². The van der Waals surface area contributed by atoms with Crippen molar-refractivity contribution in [3.05, 3.63) is 65.2 Å². The molecule has 0 aliphatic rings. The summed E-state index contributed by atoms with van der Waals surface area (Å²) in [7, 11) is 1.35. The SMILES string of the molecule is CCNC(=NCc1ccccc1OC(F)F)NCCc1ccc(C(=O)OC)cc1. The minimum atomic E-state index is -2.88. The van der Waals surface area contributed by atoms with Gasteiger partial charge in [-0.1, -0.05) is 30.3 Å². The topological polar surface area (TPSA) is 72.0 Å². The highest BCUT2D eigenvalue weighted by atomic mass is 19.3. The highest BCUT2D eigenvalue weighted by molar-refractivity contribution is 5.89. The molecule has 0 saturated heterocycles. The predicted molar refractivity (Wildman–Crippen MR) is 107 cm³/mol. The lowest BCUT2D eigenvalue weighted by Crippen LogP contribution is -2.38. The third-order valence-corrected chi connectivity index (χ3v) is 4.02. The van der Waals surface area contributed by atoms with Gasteiger partial charge in [0.05, 0.1) is 19.2 Å². The zero-order valence-corrected chi connectivity index (χ0v) is 16.5. The van der Waals surface area contributed by atoms with Crippen LogP contribution in [0.3, 0.4) is 0 Å². The molecule has 2 aromatic carbocycles. The van der Waals surface area contributed by atoms with Crippen molar-refractivity contribution >= 4 is 11.9 Å². The molecule has 0 saturated carbocycles. The van der Waals surface area contributed by atoms with E-state index in [1.807, 2.05) is 19.1 Å². The number of para-hydroxylation sites is 1. The normalized spacial score (nSPS) is 11.3. The molecule has 0 aromatic heterocycles.